The Morgan fingerprint density at radius 3 is 2.68 bits per heavy atom. The molecule has 2 aromatic rings. The third kappa shape index (κ3) is 2.49. The lowest BCUT2D eigenvalue weighted by Crippen LogP contribution is -2.45. The summed E-state index contributed by atoms with van der Waals surface area (Å²) in [7, 11) is 0. The largest absolute Gasteiger partial charge is 0.324 e. The number of hydrogen-bond donors (Lipinski definition) is 0. The molecular formula is C18H14N2O2. The number of carbonyl (C=O) groups excluding carboxylic acids is 2. The van der Waals surface area contributed by atoms with E-state index in [2.05, 4.69) is 0 Å². The molecule has 2 aromatic carbocycles. The Balaban J connectivity index is 1.94. The summed E-state index contributed by atoms with van der Waals surface area (Å²) in [6, 6.07) is 16.0. The van der Waals surface area contributed by atoms with E-state index in [0.29, 0.717) is 24.1 Å². The first-order valence-electron chi connectivity index (χ1n) is 7.06. The molecule has 1 amide bonds. The van der Waals surface area contributed by atoms with Crippen LogP contribution in [0.3, 0.4) is 0 Å². The lowest BCUT2D eigenvalue weighted by molar-refractivity contribution is -0.112. The zero-order valence-electron chi connectivity index (χ0n) is 11.9. The highest BCUT2D eigenvalue weighted by Crippen LogP contribution is 2.24. The fourth-order valence-corrected chi connectivity index (χ4v) is 2.78. The van der Waals surface area contributed by atoms with E-state index in [-0.39, 0.29) is 5.91 Å². The van der Waals surface area contributed by atoms with Crippen LogP contribution in [0.25, 0.3) is 0 Å². The standard InChI is InChI=1S/C18H14N2O2/c19-10-13-4-3-7-15(8-13)18(22)20-11-16-6-2-1-5-14(16)9-17(20)12-21/h1-8,12,17H,9,11H2/t17-/m0/s1. The predicted molar refractivity (Wildman–Crippen MR) is 81.0 cm³/mol. The van der Waals surface area contributed by atoms with Gasteiger partial charge in [-0.05, 0) is 29.3 Å². The Bertz CT molecular complexity index is 777. The first-order valence-corrected chi connectivity index (χ1v) is 7.06. The van der Waals surface area contributed by atoms with Crippen molar-refractivity contribution in [1.82, 2.24) is 4.90 Å². The number of aldehydes is 1. The van der Waals surface area contributed by atoms with Crippen LogP contribution in [-0.2, 0) is 17.8 Å². The van der Waals surface area contributed by atoms with Gasteiger partial charge in [0, 0.05) is 18.5 Å². The van der Waals surface area contributed by atoms with E-state index in [1.807, 2.05) is 30.3 Å². The lowest BCUT2D eigenvalue weighted by Gasteiger charge is -2.34. The SMILES string of the molecule is N#Cc1cccc(C(=O)N2Cc3ccccc3C[C@H]2C=O)c1. The Labute approximate surface area is 128 Å². The molecule has 1 atom stereocenters. The molecule has 4 nitrogen and oxygen atoms in total. The second-order valence-corrected chi connectivity index (χ2v) is 5.30. The zero-order valence-corrected chi connectivity index (χ0v) is 11.9. The maximum Gasteiger partial charge on any atom is 0.254 e. The van der Waals surface area contributed by atoms with E-state index in [1.54, 1.807) is 29.2 Å². The van der Waals surface area contributed by atoms with Crippen LogP contribution in [0.2, 0.25) is 0 Å². The molecule has 1 heterocycles. The molecule has 0 aliphatic carbocycles. The Morgan fingerprint density at radius 1 is 1.18 bits per heavy atom. The summed E-state index contributed by atoms with van der Waals surface area (Å²) >= 11 is 0. The number of rotatable bonds is 2. The minimum absolute atomic E-state index is 0.219. The summed E-state index contributed by atoms with van der Waals surface area (Å²) in [6.45, 7) is 0.412. The molecule has 0 spiro atoms. The number of nitriles is 1. The molecule has 1 aliphatic rings. The number of fused-ring (bicyclic) bond motifs is 1. The second kappa shape index (κ2) is 5.82. The Kier molecular flexibility index (Phi) is 3.71. The van der Waals surface area contributed by atoms with Crippen LogP contribution in [0.4, 0.5) is 0 Å². The fourth-order valence-electron chi connectivity index (χ4n) is 2.78. The molecule has 4 heteroatoms. The highest BCUT2D eigenvalue weighted by atomic mass is 16.2. The molecule has 0 aromatic heterocycles. The fraction of sp³-hybridized carbons (Fsp3) is 0.167. The second-order valence-electron chi connectivity index (χ2n) is 5.30. The number of carbonyl (C=O) groups is 2. The third-order valence-corrected chi connectivity index (χ3v) is 3.95. The third-order valence-electron chi connectivity index (χ3n) is 3.95. The van der Waals surface area contributed by atoms with E-state index >= 15 is 0 Å². The van der Waals surface area contributed by atoms with E-state index in [0.717, 1.165) is 17.4 Å². The molecule has 3 rings (SSSR count). The highest BCUT2D eigenvalue weighted by molar-refractivity contribution is 5.96. The van der Waals surface area contributed by atoms with Gasteiger partial charge in [-0.1, -0.05) is 30.3 Å². The Morgan fingerprint density at radius 2 is 1.95 bits per heavy atom. The number of nitrogens with zero attached hydrogens (tertiary/aromatic N) is 2. The van der Waals surface area contributed by atoms with Crippen LogP contribution in [0.5, 0.6) is 0 Å². The van der Waals surface area contributed by atoms with Crippen LogP contribution in [0, 0.1) is 11.3 Å². The topological polar surface area (TPSA) is 61.2 Å². The number of hydrogen-bond acceptors (Lipinski definition) is 3. The van der Waals surface area contributed by atoms with Gasteiger partial charge in [-0.15, -0.1) is 0 Å². The maximum atomic E-state index is 12.7. The minimum Gasteiger partial charge on any atom is -0.324 e. The lowest BCUT2D eigenvalue weighted by atomic mass is 9.94. The maximum absolute atomic E-state index is 12.7. The number of amides is 1. The molecule has 0 radical (unpaired) electrons. The van der Waals surface area contributed by atoms with Crippen molar-refractivity contribution >= 4 is 12.2 Å². The normalized spacial score (nSPS) is 16.5. The molecule has 1 aliphatic heterocycles. The summed E-state index contributed by atoms with van der Waals surface area (Å²) < 4.78 is 0. The van der Waals surface area contributed by atoms with Crippen molar-refractivity contribution in [2.75, 3.05) is 0 Å². The molecule has 0 bridgehead atoms. The van der Waals surface area contributed by atoms with E-state index in [4.69, 9.17) is 5.26 Å². The molecule has 0 N–H and O–H groups in total. The quantitative estimate of drug-likeness (QED) is 0.797. The molecular weight excluding hydrogens is 276 g/mol. The van der Waals surface area contributed by atoms with Gasteiger partial charge in [-0.3, -0.25) is 4.79 Å². The van der Waals surface area contributed by atoms with Crippen molar-refractivity contribution in [3.63, 3.8) is 0 Å². The predicted octanol–water partition coefficient (Wildman–Crippen LogP) is 2.32. The summed E-state index contributed by atoms with van der Waals surface area (Å²) in [5.74, 6) is -0.219. The first-order chi connectivity index (χ1) is 10.7. The van der Waals surface area contributed by atoms with E-state index in [1.165, 1.54) is 0 Å². The van der Waals surface area contributed by atoms with Gasteiger partial charge in [0.2, 0.25) is 0 Å². The van der Waals surface area contributed by atoms with Gasteiger partial charge in [-0.2, -0.15) is 5.26 Å². The summed E-state index contributed by atoms with van der Waals surface area (Å²) in [6.07, 6.45) is 1.35. The van der Waals surface area contributed by atoms with Crippen molar-refractivity contribution in [1.29, 1.82) is 5.26 Å². The average molecular weight is 290 g/mol. The van der Waals surface area contributed by atoms with Crippen LogP contribution in [-0.4, -0.2) is 23.1 Å². The molecule has 0 fully saturated rings. The van der Waals surface area contributed by atoms with Crippen LogP contribution >= 0.6 is 0 Å². The smallest absolute Gasteiger partial charge is 0.254 e. The van der Waals surface area contributed by atoms with Gasteiger partial charge in [-0.25, -0.2) is 0 Å². The molecule has 0 unspecified atom stereocenters. The first kappa shape index (κ1) is 14.0. The summed E-state index contributed by atoms with van der Waals surface area (Å²) in [5.41, 5.74) is 3.04. The van der Waals surface area contributed by atoms with E-state index in [9.17, 15) is 9.59 Å². The van der Waals surface area contributed by atoms with Crippen molar-refractivity contribution in [2.24, 2.45) is 0 Å². The van der Waals surface area contributed by atoms with Crippen molar-refractivity contribution in [3.05, 3.63) is 70.8 Å². The van der Waals surface area contributed by atoms with Crippen molar-refractivity contribution < 1.29 is 9.59 Å². The number of benzene rings is 2. The van der Waals surface area contributed by atoms with Gasteiger partial charge < -0.3 is 9.69 Å². The molecule has 0 saturated heterocycles. The Hall–Kier alpha value is -2.93. The average Bonchev–Trinajstić information content (AvgIpc) is 2.59. The van der Waals surface area contributed by atoms with Crippen LogP contribution in [0.1, 0.15) is 27.0 Å². The van der Waals surface area contributed by atoms with Gasteiger partial charge in [0.05, 0.1) is 17.7 Å². The highest BCUT2D eigenvalue weighted by Gasteiger charge is 2.29. The molecule has 22 heavy (non-hydrogen) atoms. The van der Waals surface area contributed by atoms with Gasteiger partial charge >= 0.3 is 0 Å². The van der Waals surface area contributed by atoms with E-state index < -0.39 is 6.04 Å². The monoisotopic (exact) mass is 290 g/mol. The van der Waals surface area contributed by atoms with Crippen LogP contribution in [0.15, 0.2) is 48.5 Å². The van der Waals surface area contributed by atoms with Gasteiger partial charge in [0.1, 0.15) is 6.29 Å². The minimum atomic E-state index is -0.465. The van der Waals surface area contributed by atoms with Gasteiger partial charge in [0.15, 0.2) is 0 Å². The van der Waals surface area contributed by atoms with Crippen molar-refractivity contribution in [2.45, 2.75) is 19.0 Å². The zero-order chi connectivity index (χ0) is 15.5. The summed E-state index contributed by atoms with van der Waals surface area (Å²) in [4.78, 5) is 25.7. The summed E-state index contributed by atoms with van der Waals surface area (Å²) in [5, 5.41) is 8.95. The van der Waals surface area contributed by atoms with Crippen LogP contribution < -0.4 is 0 Å². The molecule has 0 saturated carbocycles. The van der Waals surface area contributed by atoms with Gasteiger partial charge in [0.25, 0.3) is 5.91 Å². The molecule has 108 valence electrons. The van der Waals surface area contributed by atoms with Crippen molar-refractivity contribution in [3.8, 4) is 6.07 Å².